The van der Waals surface area contributed by atoms with Crippen molar-refractivity contribution in [1.82, 2.24) is 0 Å². The number of ether oxygens (including phenoxy) is 4. The van der Waals surface area contributed by atoms with Crippen LogP contribution in [0.4, 0.5) is 0 Å². The highest BCUT2D eigenvalue weighted by Gasteiger charge is 2.71. The van der Waals surface area contributed by atoms with Crippen LogP contribution in [-0.2, 0) is 18.9 Å². The molecule has 4 saturated carbocycles. The molecule has 14 heteroatoms. The van der Waals surface area contributed by atoms with E-state index in [1.807, 2.05) is 19.9 Å². The van der Waals surface area contributed by atoms with Crippen LogP contribution in [0.5, 0.6) is 0 Å². The summed E-state index contributed by atoms with van der Waals surface area (Å²) in [6.07, 6.45) is -5.88. The molecule has 0 spiro atoms. The van der Waals surface area contributed by atoms with Gasteiger partial charge in [-0.3, -0.25) is 0 Å². The Kier molecular flexibility index (Phi) is 12.7. The summed E-state index contributed by atoms with van der Waals surface area (Å²) in [7, 11) is 0. The quantitative estimate of drug-likeness (QED) is 0.0802. The molecule has 0 radical (unpaired) electrons. The lowest BCUT2D eigenvalue weighted by atomic mass is 9.35. The number of rotatable bonds is 11. The lowest BCUT2D eigenvalue weighted by Gasteiger charge is -2.70. The maximum absolute atomic E-state index is 12.7. The molecule has 0 bridgehead atoms. The molecular formula is C41H70O14. The molecule has 0 aromatic rings. The average Bonchev–Trinajstić information content (AvgIpc) is 3.51. The molecule has 2 aliphatic heterocycles. The number of allylic oxidation sites excluding steroid dienone is 2. The summed E-state index contributed by atoms with van der Waals surface area (Å²) in [4.78, 5) is 0. The average molecular weight is 787 g/mol. The maximum atomic E-state index is 12.7. The number of fused-ring (bicyclic) bond motifs is 5. The van der Waals surface area contributed by atoms with Crippen molar-refractivity contribution in [3.63, 3.8) is 0 Å². The van der Waals surface area contributed by atoms with Gasteiger partial charge in [0.15, 0.2) is 18.4 Å². The zero-order chi connectivity index (χ0) is 40.5. The topological polar surface area (TPSA) is 239 Å². The van der Waals surface area contributed by atoms with E-state index < -0.39 is 91.2 Å². The largest absolute Gasteiger partial charge is 0.396 e. The van der Waals surface area contributed by atoms with Gasteiger partial charge in [0.05, 0.1) is 19.3 Å². The van der Waals surface area contributed by atoms with Crippen LogP contribution in [0.15, 0.2) is 11.6 Å². The van der Waals surface area contributed by atoms with Crippen molar-refractivity contribution in [2.75, 3.05) is 19.8 Å². The normalized spacial score (nSPS) is 50.7. The smallest absolute Gasteiger partial charge is 0.189 e. The van der Waals surface area contributed by atoms with Gasteiger partial charge >= 0.3 is 0 Å². The number of aliphatic hydroxyl groups is 10. The molecule has 19 unspecified atom stereocenters. The molecular weight excluding hydrogens is 716 g/mol. The predicted octanol–water partition coefficient (Wildman–Crippen LogP) is 1.08. The number of hydrogen-bond donors (Lipinski definition) is 10. The van der Waals surface area contributed by atoms with Crippen molar-refractivity contribution in [3.05, 3.63) is 11.6 Å². The van der Waals surface area contributed by atoms with Crippen LogP contribution in [-0.4, -0.2) is 144 Å². The van der Waals surface area contributed by atoms with Crippen LogP contribution in [0.2, 0.25) is 0 Å². The van der Waals surface area contributed by atoms with E-state index in [-0.39, 0.29) is 53.6 Å². The summed E-state index contributed by atoms with van der Waals surface area (Å²) in [6.45, 7) is 11.8. The Bertz CT molecular complexity index is 1360. The summed E-state index contributed by atoms with van der Waals surface area (Å²) in [5.41, 5.74) is -0.271. The number of hydrogen-bond acceptors (Lipinski definition) is 14. The van der Waals surface area contributed by atoms with Gasteiger partial charge < -0.3 is 70.0 Å². The summed E-state index contributed by atoms with van der Waals surface area (Å²) in [5, 5.41) is 107. The molecule has 55 heavy (non-hydrogen) atoms. The lowest BCUT2D eigenvalue weighted by molar-refractivity contribution is -0.379. The first-order chi connectivity index (χ1) is 25.8. The number of aliphatic hydroxyl groups excluding tert-OH is 9. The monoisotopic (exact) mass is 786 g/mol. The van der Waals surface area contributed by atoms with Crippen LogP contribution in [0, 0.1) is 45.3 Å². The van der Waals surface area contributed by atoms with Gasteiger partial charge in [0.25, 0.3) is 0 Å². The SMILES string of the molecule is CC(C)=CCCC(O)(OC1OC(CO)C(O)C(O)C1O)C1CCC2(C)C1CCC1C3(CO)CCC(OC4OC(CO)C(O)C(O)C4O)C(C)(C)C3CCC12C. The lowest BCUT2D eigenvalue weighted by Crippen LogP contribution is -2.67. The minimum atomic E-state index is -1.75. The molecule has 10 N–H and O–H groups in total. The molecule has 4 aliphatic carbocycles. The molecule has 2 saturated heterocycles. The molecule has 6 aliphatic rings. The predicted molar refractivity (Wildman–Crippen MR) is 198 cm³/mol. The van der Waals surface area contributed by atoms with Gasteiger partial charge in [-0.15, -0.1) is 0 Å². The third kappa shape index (κ3) is 7.09. The molecule has 14 nitrogen and oxygen atoms in total. The van der Waals surface area contributed by atoms with Crippen LogP contribution >= 0.6 is 0 Å². The molecule has 6 rings (SSSR count). The van der Waals surface area contributed by atoms with Crippen molar-refractivity contribution in [2.45, 2.75) is 179 Å². The van der Waals surface area contributed by atoms with Gasteiger partial charge in [-0.2, -0.15) is 0 Å². The van der Waals surface area contributed by atoms with E-state index in [0.29, 0.717) is 25.7 Å². The van der Waals surface area contributed by atoms with Gasteiger partial charge in [-0.05, 0) is 106 Å². The fourth-order valence-electron chi connectivity index (χ4n) is 13.1. The van der Waals surface area contributed by atoms with Gasteiger partial charge in [-0.1, -0.05) is 39.3 Å². The Hall–Kier alpha value is -0.820. The second-order valence-corrected chi connectivity index (χ2v) is 19.4. The van der Waals surface area contributed by atoms with Crippen molar-refractivity contribution < 1.29 is 70.0 Å². The fourth-order valence-corrected chi connectivity index (χ4v) is 13.1. The maximum Gasteiger partial charge on any atom is 0.189 e. The molecule has 19 atom stereocenters. The minimum absolute atomic E-state index is 0.00512. The van der Waals surface area contributed by atoms with E-state index in [9.17, 15) is 51.1 Å². The van der Waals surface area contributed by atoms with Gasteiger partial charge in [0.1, 0.15) is 48.8 Å². The zero-order valence-electron chi connectivity index (χ0n) is 33.5. The summed E-state index contributed by atoms with van der Waals surface area (Å²) in [6, 6.07) is 0. The Balaban J connectivity index is 1.25. The molecule has 2 heterocycles. The first-order valence-electron chi connectivity index (χ1n) is 20.7. The first kappa shape index (κ1) is 43.8. The van der Waals surface area contributed by atoms with Crippen molar-refractivity contribution in [1.29, 1.82) is 0 Å². The highest BCUT2D eigenvalue weighted by Crippen LogP contribution is 2.76. The Morgan fingerprint density at radius 2 is 1.27 bits per heavy atom. The van der Waals surface area contributed by atoms with E-state index in [1.165, 1.54) is 0 Å². The third-order valence-electron chi connectivity index (χ3n) is 16.3. The van der Waals surface area contributed by atoms with Crippen LogP contribution in [0.25, 0.3) is 0 Å². The van der Waals surface area contributed by atoms with Crippen molar-refractivity contribution in [2.24, 2.45) is 45.3 Å². The van der Waals surface area contributed by atoms with E-state index in [4.69, 9.17) is 18.9 Å². The van der Waals surface area contributed by atoms with Crippen LogP contribution < -0.4 is 0 Å². The van der Waals surface area contributed by atoms with Gasteiger partial charge in [0.2, 0.25) is 0 Å². The van der Waals surface area contributed by atoms with Gasteiger partial charge in [-0.25, -0.2) is 0 Å². The summed E-state index contributed by atoms with van der Waals surface area (Å²) >= 11 is 0. The Morgan fingerprint density at radius 3 is 1.85 bits per heavy atom. The first-order valence-corrected chi connectivity index (χ1v) is 20.7. The fraction of sp³-hybridized carbons (Fsp3) is 0.951. The highest BCUT2D eigenvalue weighted by molar-refractivity contribution is 5.19. The molecule has 318 valence electrons. The second kappa shape index (κ2) is 16.0. The zero-order valence-corrected chi connectivity index (χ0v) is 33.5. The Labute approximate surface area is 325 Å². The molecule has 0 amide bonds. The van der Waals surface area contributed by atoms with E-state index in [0.717, 1.165) is 37.7 Å². The standard InChI is InChI=1S/C41H70O14/c1-21(2)8-7-14-41(51,55-36-34(50)32(48)30(46)25(19-43)53-36)23-11-15-38(5)22(23)9-10-27-39(38,6)16-12-26-37(3,4)28(13-17-40(26,27)20-44)54-35-33(49)31(47)29(45)24(18-42)52-35/h8,22-36,42-51H,7,9-20H2,1-6H3. The second-order valence-electron chi connectivity index (χ2n) is 19.4. The van der Waals surface area contributed by atoms with Crippen molar-refractivity contribution >= 4 is 0 Å². The molecule has 0 aromatic carbocycles. The van der Waals surface area contributed by atoms with Gasteiger partial charge in [0, 0.05) is 24.4 Å². The van der Waals surface area contributed by atoms with Crippen LogP contribution in [0.1, 0.15) is 106 Å². The Morgan fingerprint density at radius 1 is 0.691 bits per heavy atom. The summed E-state index contributed by atoms with van der Waals surface area (Å²) < 4.78 is 24.3. The molecule has 6 fully saturated rings. The highest BCUT2D eigenvalue weighted by atomic mass is 16.8. The summed E-state index contributed by atoms with van der Waals surface area (Å²) in [5.74, 6) is -1.85. The minimum Gasteiger partial charge on any atom is -0.396 e. The van der Waals surface area contributed by atoms with E-state index in [1.54, 1.807) is 0 Å². The third-order valence-corrected chi connectivity index (χ3v) is 16.3. The molecule has 0 aromatic heterocycles. The van der Waals surface area contributed by atoms with E-state index in [2.05, 4.69) is 27.7 Å². The van der Waals surface area contributed by atoms with E-state index >= 15 is 0 Å². The van der Waals surface area contributed by atoms with Crippen LogP contribution in [0.3, 0.4) is 0 Å². The van der Waals surface area contributed by atoms with Crippen molar-refractivity contribution in [3.8, 4) is 0 Å².